The Balaban J connectivity index is 2.11. The summed E-state index contributed by atoms with van der Waals surface area (Å²) >= 11 is 0. The number of rotatable bonds is 7. The number of hydrogen-bond donors (Lipinski definition) is 0. The van der Waals surface area contributed by atoms with E-state index in [0.717, 1.165) is 38.5 Å². The van der Waals surface area contributed by atoms with E-state index in [1.54, 1.807) is 24.3 Å². The normalized spacial score (nSPS) is 17.8. The van der Waals surface area contributed by atoms with Crippen LogP contribution in [0.15, 0.2) is 24.3 Å². The van der Waals surface area contributed by atoms with Gasteiger partial charge in [0.25, 0.3) is 0 Å². The van der Waals surface area contributed by atoms with Crippen molar-refractivity contribution in [3.05, 3.63) is 29.8 Å². The number of sulfonamides is 1. The van der Waals surface area contributed by atoms with Crippen LogP contribution >= 0.6 is 0 Å². The average molecular weight is 381 g/mol. The summed E-state index contributed by atoms with van der Waals surface area (Å²) in [7, 11) is -3.52. The minimum absolute atomic E-state index is 0.00514. The third-order valence-corrected chi connectivity index (χ3v) is 6.10. The van der Waals surface area contributed by atoms with Crippen molar-refractivity contribution in [2.45, 2.75) is 52.0 Å². The highest BCUT2D eigenvalue weighted by Gasteiger charge is 2.26. The van der Waals surface area contributed by atoms with E-state index in [9.17, 15) is 18.0 Å². The number of amides is 1. The molecule has 1 aromatic rings. The van der Waals surface area contributed by atoms with Gasteiger partial charge in [0, 0.05) is 31.1 Å². The number of nitrogens with zero attached hydrogens (tertiary/aromatic N) is 2. The predicted octanol–water partition coefficient (Wildman–Crippen LogP) is 2.84. The summed E-state index contributed by atoms with van der Waals surface area (Å²) in [5, 5.41) is 0. The second kappa shape index (κ2) is 8.66. The van der Waals surface area contributed by atoms with Crippen molar-refractivity contribution in [1.82, 2.24) is 4.90 Å². The third-order valence-electron chi connectivity index (χ3n) is 4.91. The zero-order valence-electron chi connectivity index (χ0n) is 15.8. The van der Waals surface area contributed by atoms with Gasteiger partial charge in [-0.2, -0.15) is 0 Å². The first kappa shape index (κ1) is 20.4. The van der Waals surface area contributed by atoms with Crippen molar-refractivity contribution in [3.8, 4) is 0 Å². The molecule has 1 aromatic carbocycles. The number of Topliss-reactive ketones (excluding diaryl/α,β-unsaturated/α-hetero) is 1. The molecule has 6 nitrogen and oxygen atoms in total. The number of carbonyl (C=O) groups is 2. The molecule has 1 fully saturated rings. The van der Waals surface area contributed by atoms with Crippen LogP contribution in [0.2, 0.25) is 0 Å². The van der Waals surface area contributed by atoms with Crippen LogP contribution in [0.1, 0.15) is 56.3 Å². The van der Waals surface area contributed by atoms with E-state index in [0.29, 0.717) is 11.3 Å². The first-order valence-corrected chi connectivity index (χ1v) is 11.0. The van der Waals surface area contributed by atoms with E-state index in [4.69, 9.17) is 0 Å². The molecule has 7 heteroatoms. The first-order chi connectivity index (χ1) is 12.2. The molecule has 144 valence electrons. The lowest BCUT2D eigenvalue weighted by atomic mass is 9.99. The molecule has 0 spiro atoms. The van der Waals surface area contributed by atoms with E-state index < -0.39 is 10.0 Å². The van der Waals surface area contributed by atoms with E-state index in [2.05, 4.69) is 6.92 Å². The fraction of sp³-hybridized carbons (Fsp3) is 0.579. The summed E-state index contributed by atoms with van der Waals surface area (Å²) in [6, 6.07) is 6.69. The van der Waals surface area contributed by atoms with Crippen molar-refractivity contribution in [2.75, 3.05) is 23.7 Å². The minimum atomic E-state index is -3.52. The van der Waals surface area contributed by atoms with Gasteiger partial charge in [-0.1, -0.05) is 6.92 Å². The molecule has 1 atom stereocenters. The van der Waals surface area contributed by atoms with Gasteiger partial charge in [0.1, 0.15) is 0 Å². The molecule has 0 aromatic heterocycles. The van der Waals surface area contributed by atoms with Gasteiger partial charge in [0.15, 0.2) is 5.78 Å². The summed E-state index contributed by atoms with van der Waals surface area (Å²) in [5.41, 5.74) is 0.994. The monoisotopic (exact) mass is 380 g/mol. The number of anilines is 1. The smallest absolute Gasteiger partial charge is 0.232 e. The zero-order valence-corrected chi connectivity index (χ0v) is 16.6. The summed E-state index contributed by atoms with van der Waals surface area (Å²) in [6.07, 6.45) is 5.37. The number of piperidine rings is 1. The van der Waals surface area contributed by atoms with Crippen LogP contribution in [0.4, 0.5) is 5.69 Å². The van der Waals surface area contributed by atoms with Crippen LogP contribution in [0.5, 0.6) is 0 Å². The van der Waals surface area contributed by atoms with Gasteiger partial charge in [0.05, 0.1) is 11.9 Å². The summed E-state index contributed by atoms with van der Waals surface area (Å²) < 4.78 is 25.6. The SMILES string of the molecule is CCC1CCCCN1C(=O)CCN(c1ccc(C(C)=O)cc1)S(C)(=O)=O. The molecule has 2 rings (SSSR count). The lowest BCUT2D eigenvalue weighted by Crippen LogP contribution is -2.44. The second-order valence-electron chi connectivity index (χ2n) is 6.83. The van der Waals surface area contributed by atoms with Crippen molar-refractivity contribution in [3.63, 3.8) is 0 Å². The van der Waals surface area contributed by atoms with Gasteiger partial charge < -0.3 is 4.90 Å². The van der Waals surface area contributed by atoms with Gasteiger partial charge in [-0.15, -0.1) is 0 Å². The Morgan fingerprint density at radius 2 is 1.85 bits per heavy atom. The van der Waals surface area contributed by atoms with Gasteiger partial charge in [-0.25, -0.2) is 8.42 Å². The standard InChI is InChI=1S/C19H28N2O4S/c1-4-17-7-5-6-13-20(17)19(23)12-14-21(26(3,24)25)18-10-8-16(9-11-18)15(2)22/h8-11,17H,4-7,12-14H2,1-3H3. The Labute approximate surface area is 156 Å². The molecule has 1 aliphatic heterocycles. The molecule has 1 unspecified atom stereocenters. The molecule has 26 heavy (non-hydrogen) atoms. The Kier molecular flexibility index (Phi) is 6.81. The fourth-order valence-corrected chi connectivity index (χ4v) is 4.37. The molecule has 0 saturated carbocycles. The average Bonchev–Trinajstić information content (AvgIpc) is 2.61. The maximum absolute atomic E-state index is 12.6. The Morgan fingerprint density at radius 1 is 1.19 bits per heavy atom. The molecule has 0 radical (unpaired) electrons. The zero-order chi connectivity index (χ0) is 19.3. The van der Waals surface area contributed by atoms with Crippen LogP contribution < -0.4 is 4.31 Å². The molecule has 1 amide bonds. The van der Waals surface area contributed by atoms with Gasteiger partial charge in [0.2, 0.25) is 15.9 Å². The molecule has 1 aliphatic rings. The Bertz CT molecular complexity index is 743. The van der Waals surface area contributed by atoms with Crippen LogP contribution in [-0.2, 0) is 14.8 Å². The molecular formula is C19H28N2O4S. The van der Waals surface area contributed by atoms with Crippen LogP contribution in [0, 0.1) is 0 Å². The quantitative estimate of drug-likeness (QED) is 0.682. The maximum atomic E-state index is 12.6. The number of benzene rings is 1. The van der Waals surface area contributed by atoms with Gasteiger partial charge >= 0.3 is 0 Å². The highest BCUT2D eigenvalue weighted by Crippen LogP contribution is 2.22. The second-order valence-corrected chi connectivity index (χ2v) is 8.74. The number of ketones is 1. The lowest BCUT2D eigenvalue weighted by Gasteiger charge is -2.36. The fourth-order valence-electron chi connectivity index (χ4n) is 3.44. The maximum Gasteiger partial charge on any atom is 0.232 e. The Morgan fingerprint density at radius 3 is 2.38 bits per heavy atom. The largest absolute Gasteiger partial charge is 0.340 e. The van der Waals surface area contributed by atoms with Crippen molar-refractivity contribution < 1.29 is 18.0 Å². The highest BCUT2D eigenvalue weighted by molar-refractivity contribution is 7.92. The predicted molar refractivity (Wildman–Crippen MR) is 103 cm³/mol. The highest BCUT2D eigenvalue weighted by atomic mass is 32.2. The van der Waals surface area contributed by atoms with Gasteiger partial charge in [-0.3, -0.25) is 13.9 Å². The van der Waals surface area contributed by atoms with E-state index in [1.807, 2.05) is 4.90 Å². The molecule has 0 bridgehead atoms. The van der Waals surface area contributed by atoms with Crippen LogP contribution in [0.3, 0.4) is 0 Å². The van der Waals surface area contributed by atoms with Crippen LogP contribution in [0.25, 0.3) is 0 Å². The molecule has 0 N–H and O–H groups in total. The number of hydrogen-bond acceptors (Lipinski definition) is 4. The first-order valence-electron chi connectivity index (χ1n) is 9.12. The Hall–Kier alpha value is -1.89. The van der Waals surface area contributed by atoms with E-state index >= 15 is 0 Å². The topological polar surface area (TPSA) is 74.8 Å². The summed E-state index contributed by atoms with van der Waals surface area (Å²) in [6.45, 7) is 4.40. The molecular weight excluding hydrogens is 352 g/mol. The van der Waals surface area contributed by atoms with E-state index in [-0.39, 0.29) is 30.7 Å². The van der Waals surface area contributed by atoms with Crippen molar-refractivity contribution >= 4 is 27.4 Å². The summed E-state index contributed by atoms with van der Waals surface area (Å²) in [4.78, 5) is 25.9. The van der Waals surface area contributed by atoms with Crippen molar-refractivity contribution in [2.24, 2.45) is 0 Å². The minimum Gasteiger partial charge on any atom is -0.340 e. The lowest BCUT2D eigenvalue weighted by molar-refractivity contribution is -0.134. The molecule has 0 aliphatic carbocycles. The molecule has 1 saturated heterocycles. The van der Waals surface area contributed by atoms with Crippen molar-refractivity contribution in [1.29, 1.82) is 0 Å². The number of carbonyl (C=O) groups excluding carboxylic acids is 2. The number of likely N-dealkylation sites (tertiary alicyclic amines) is 1. The van der Waals surface area contributed by atoms with Crippen LogP contribution in [-0.4, -0.2) is 50.4 Å². The summed E-state index contributed by atoms with van der Waals surface area (Å²) in [5.74, 6) is -0.0705. The molecule has 1 heterocycles. The van der Waals surface area contributed by atoms with Gasteiger partial charge in [-0.05, 0) is 56.9 Å². The van der Waals surface area contributed by atoms with E-state index in [1.165, 1.54) is 11.2 Å². The third kappa shape index (κ3) is 5.06.